The number of aromatic nitrogens is 1. The van der Waals surface area contributed by atoms with Crippen molar-refractivity contribution in [2.24, 2.45) is 0 Å². The molecule has 0 aliphatic carbocycles. The van der Waals surface area contributed by atoms with Gasteiger partial charge in [0.25, 0.3) is 0 Å². The molecule has 0 atom stereocenters. The largest absolute Gasteiger partial charge is 0.479 e. The van der Waals surface area contributed by atoms with Crippen molar-refractivity contribution >= 4 is 22.4 Å². The van der Waals surface area contributed by atoms with E-state index in [4.69, 9.17) is 14.7 Å². The lowest BCUT2D eigenvalue weighted by Crippen LogP contribution is -2.05. The highest BCUT2D eigenvalue weighted by Gasteiger charge is 2.19. The molecule has 132 valence electrons. The van der Waals surface area contributed by atoms with Gasteiger partial charge in [0.05, 0.1) is 16.6 Å². The molecule has 5 nitrogen and oxygen atoms in total. The number of hydrogen-bond acceptors (Lipinski definition) is 4. The number of pyridine rings is 1. The molecule has 0 fully saturated rings. The van der Waals surface area contributed by atoms with Crippen LogP contribution in [-0.4, -0.2) is 23.6 Å². The molecule has 3 aromatic rings. The lowest BCUT2D eigenvalue weighted by molar-refractivity contribution is 0.0554. The quantitative estimate of drug-likeness (QED) is 0.465. The number of esters is 1. The number of nitrogens with zero attached hydrogens (tertiary/aromatic N) is 2. The molecule has 0 aliphatic heterocycles. The molecule has 0 saturated heterocycles. The Morgan fingerprint density at radius 2 is 2.12 bits per heavy atom. The third kappa shape index (κ3) is 3.55. The summed E-state index contributed by atoms with van der Waals surface area (Å²) >= 11 is 0. The third-order valence-electron chi connectivity index (χ3n) is 4.05. The maximum atomic E-state index is 12.7. The Hall–Kier alpha value is -3.26. The van der Waals surface area contributed by atoms with Gasteiger partial charge < -0.3 is 13.9 Å². The number of carbonyl (C=O) groups excluding carboxylic acids is 1. The van der Waals surface area contributed by atoms with Gasteiger partial charge in [-0.3, -0.25) is 0 Å². The first kappa shape index (κ1) is 17.6. The molecular formula is C21H20N2O3. The first-order valence-corrected chi connectivity index (χ1v) is 8.61. The zero-order valence-electron chi connectivity index (χ0n) is 14.6. The highest BCUT2D eigenvalue weighted by molar-refractivity contribution is 6.11. The van der Waals surface area contributed by atoms with Crippen LogP contribution in [0.2, 0.25) is 0 Å². The SMILES string of the molecule is CCC/C=C\COC(=O)c1c2ccc(OCC#N)cc2n2ccccc12. The molecule has 26 heavy (non-hydrogen) atoms. The molecule has 0 amide bonds. The number of benzene rings is 1. The van der Waals surface area contributed by atoms with Gasteiger partial charge in [0, 0.05) is 17.6 Å². The van der Waals surface area contributed by atoms with Crippen molar-refractivity contribution in [2.45, 2.75) is 19.8 Å². The summed E-state index contributed by atoms with van der Waals surface area (Å²) in [4.78, 5) is 12.7. The van der Waals surface area contributed by atoms with Crippen LogP contribution >= 0.6 is 0 Å². The number of hydrogen-bond donors (Lipinski definition) is 0. The Bertz CT molecular complexity index is 996. The molecule has 0 unspecified atom stereocenters. The fourth-order valence-corrected chi connectivity index (χ4v) is 2.89. The molecule has 0 N–H and O–H groups in total. The minimum atomic E-state index is -0.351. The number of ether oxygens (including phenoxy) is 2. The Morgan fingerprint density at radius 1 is 1.23 bits per heavy atom. The van der Waals surface area contributed by atoms with Crippen LogP contribution in [-0.2, 0) is 4.74 Å². The smallest absolute Gasteiger partial charge is 0.341 e. The number of nitriles is 1. The predicted molar refractivity (Wildman–Crippen MR) is 100 cm³/mol. The van der Waals surface area contributed by atoms with Crippen LogP contribution in [0.1, 0.15) is 30.1 Å². The van der Waals surface area contributed by atoms with Gasteiger partial charge in [-0.15, -0.1) is 0 Å². The van der Waals surface area contributed by atoms with Crippen LogP contribution in [0.5, 0.6) is 5.75 Å². The zero-order chi connectivity index (χ0) is 18.4. The Balaban J connectivity index is 1.98. The Labute approximate surface area is 152 Å². The maximum absolute atomic E-state index is 12.7. The summed E-state index contributed by atoms with van der Waals surface area (Å²) in [6, 6.07) is 13.1. The van der Waals surface area contributed by atoms with E-state index in [1.54, 1.807) is 6.07 Å². The van der Waals surface area contributed by atoms with Gasteiger partial charge in [-0.05, 0) is 30.7 Å². The van der Waals surface area contributed by atoms with Gasteiger partial charge in [-0.2, -0.15) is 5.26 Å². The van der Waals surface area contributed by atoms with E-state index in [0.717, 1.165) is 29.3 Å². The number of allylic oxidation sites excluding steroid dienone is 1. The fourth-order valence-electron chi connectivity index (χ4n) is 2.89. The fraction of sp³-hybridized carbons (Fsp3) is 0.238. The van der Waals surface area contributed by atoms with E-state index in [1.165, 1.54) is 0 Å². The van der Waals surface area contributed by atoms with Crippen molar-refractivity contribution in [1.29, 1.82) is 5.26 Å². The molecule has 0 saturated carbocycles. The molecule has 0 bridgehead atoms. The zero-order valence-corrected chi connectivity index (χ0v) is 14.6. The minimum absolute atomic E-state index is 0.0200. The highest BCUT2D eigenvalue weighted by atomic mass is 16.5. The number of fused-ring (bicyclic) bond motifs is 3. The maximum Gasteiger partial charge on any atom is 0.341 e. The molecule has 0 spiro atoms. The van der Waals surface area contributed by atoms with Gasteiger partial charge in [-0.1, -0.05) is 31.6 Å². The second-order valence-electron chi connectivity index (χ2n) is 5.82. The van der Waals surface area contributed by atoms with E-state index < -0.39 is 0 Å². The predicted octanol–water partition coefficient (Wildman–Crippen LogP) is 4.51. The summed E-state index contributed by atoms with van der Waals surface area (Å²) in [5, 5.41) is 9.47. The van der Waals surface area contributed by atoms with E-state index in [1.807, 2.05) is 59.2 Å². The van der Waals surface area contributed by atoms with Crippen LogP contribution < -0.4 is 4.74 Å². The van der Waals surface area contributed by atoms with Gasteiger partial charge >= 0.3 is 5.97 Å². The molecular weight excluding hydrogens is 328 g/mol. The van der Waals surface area contributed by atoms with Gasteiger partial charge in [0.1, 0.15) is 18.4 Å². The van der Waals surface area contributed by atoms with Crippen molar-refractivity contribution in [3.63, 3.8) is 0 Å². The van der Waals surface area contributed by atoms with Crippen molar-refractivity contribution in [3.05, 3.63) is 60.3 Å². The first-order valence-electron chi connectivity index (χ1n) is 8.61. The van der Waals surface area contributed by atoms with E-state index in [-0.39, 0.29) is 19.2 Å². The lowest BCUT2D eigenvalue weighted by Gasteiger charge is -2.03. The second kappa shape index (κ2) is 8.21. The van der Waals surface area contributed by atoms with E-state index in [0.29, 0.717) is 11.3 Å². The van der Waals surface area contributed by atoms with Crippen molar-refractivity contribution in [1.82, 2.24) is 4.40 Å². The number of unbranched alkanes of at least 4 members (excludes halogenated alkanes) is 1. The van der Waals surface area contributed by atoms with Gasteiger partial charge in [0.15, 0.2) is 6.61 Å². The third-order valence-corrected chi connectivity index (χ3v) is 4.05. The summed E-state index contributed by atoms with van der Waals surface area (Å²) in [6.07, 6.45) is 7.82. The average Bonchev–Trinajstić information content (AvgIpc) is 3.00. The van der Waals surface area contributed by atoms with Crippen LogP contribution in [0, 0.1) is 11.3 Å². The lowest BCUT2D eigenvalue weighted by atomic mass is 10.1. The Kier molecular flexibility index (Phi) is 5.55. The minimum Gasteiger partial charge on any atom is -0.479 e. The van der Waals surface area contributed by atoms with Crippen LogP contribution in [0.25, 0.3) is 16.4 Å². The molecule has 0 aliphatic rings. The van der Waals surface area contributed by atoms with E-state index in [2.05, 4.69) is 6.92 Å². The summed E-state index contributed by atoms with van der Waals surface area (Å²) in [5.41, 5.74) is 2.16. The molecule has 1 aromatic carbocycles. The van der Waals surface area contributed by atoms with Crippen molar-refractivity contribution in [2.75, 3.05) is 13.2 Å². The first-order chi connectivity index (χ1) is 12.8. The number of rotatable bonds is 7. The van der Waals surface area contributed by atoms with E-state index >= 15 is 0 Å². The van der Waals surface area contributed by atoms with Gasteiger partial charge in [0.2, 0.25) is 0 Å². The highest BCUT2D eigenvalue weighted by Crippen LogP contribution is 2.30. The molecule has 2 aromatic heterocycles. The van der Waals surface area contributed by atoms with Crippen LogP contribution in [0.4, 0.5) is 0 Å². The standard InChI is InChI=1S/C21H20N2O3/c1-2-3-4-7-13-26-21(24)20-17-10-9-16(25-14-11-22)15-19(17)23-12-6-5-8-18(20)23/h4-10,12,15H,2-3,13-14H2,1H3/b7-4-. The van der Waals surface area contributed by atoms with Crippen LogP contribution in [0.3, 0.4) is 0 Å². The summed E-state index contributed by atoms with van der Waals surface area (Å²) in [5.74, 6) is 0.236. The Morgan fingerprint density at radius 3 is 2.92 bits per heavy atom. The summed E-state index contributed by atoms with van der Waals surface area (Å²) in [6.45, 7) is 2.34. The average molecular weight is 348 g/mol. The van der Waals surface area contributed by atoms with E-state index in [9.17, 15) is 4.79 Å². The molecule has 5 heteroatoms. The second-order valence-corrected chi connectivity index (χ2v) is 5.82. The summed E-state index contributed by atoms with van der Waals surface area (Å²) in [7, 11) is 0. The topological polar surface area (TPSA) is 63.7 Å². The molecule has 3 rings (SSSR count). The summed E-state index contributed by atoms with van der Waals surface area (Å²) < 4.78 is 12.7. The molecule has 0 radical (unpaired) electrons. The van der Waals surface area contributed by atoms with Crippen molar-refractivity contribution < 1.29 is 14.3 Å². The monoisotopic (exact) mass is 348 g/mol. The molecule has 2 heterocycles. The van der Waals surface area contributed by atoms with Crippen molar-refractivity contribution in [3.8, 4) is 11.8 Å². The number of carbonyl (C=O) groups is 1. The van der Waals surface area contributed by atoms with Gasteiger partial charge in [-0.25, -0.2) is 4.79 Å². The van der Waals surface area contributed by atoms with Crippen LogP contribution in [0.15, 0.2) is 54.7 Å². The normalized spacial score (nSPS) is 11.1.